The molecule has 1 spiro atoms. The van der Waals surface area contributed by atoms with E-state index < -0.39 is 17.7 Å². The molecular formula is C9H15NO7. The van der Waals surface area contributed by atoms with Crippen LogP contribution in [0.4, 0.5) is 0 Å². The van der Waals surface area contributed by atoms with E-state index >= 15 is 0 Å². The summed E-state index contributed by atoms with van der Waals surface area (Å²) < 4.78 is 16.1. The third-order valence-corrected chi connectivity index (χ3v) is 2.42. The Bertz CT molecular complexity index is 275. The van der Waals surface area contributed by atoms with E-state index in [0.717, 1.165) is 6.42 Å². The van der Waals surface area contributed by atoms with Crippen LogP contribution in [0.15, 0.2) is 0 Å². The van der Waals surface area contributed by atoms with Crippen LogP contribution in [-0.2, 0) is 23.8 Å². The zero-order valence-corrected chi connectivity index (χ0v) is 9.13. The van der Waals surface area contributed by atoms with E-state index in [4.69, 9.17) is 39.7 Å². The zero-order valence-electron chi connectivity index (χ0n) is 9.13. The highest BCUT2D eigenvalue weighted by molar-refractivity contribution is 6.27. The van der Waals surface area contributed by atoms with Crippen molar-refractivity contribution in [3.63, 3.8) is 0 Å². The van der Waals surface area contributed by atoms with E-state index in [1.54, 1.807) is 0 Å². The molecular weight excluding hydrogens is 234 g/mol. The molecule has 2 fully saturated rings. The van der Waals surface area contributed by atoms with E-state index in [9.17, 15) is 0 Å². The summed E-state index contributed by atoms with van der Waals surface area (Å²) in [6.07, 6.45) is 0.758. The fourth-order valence-electron chi connectivity index (χ4n) is 1.57. The molecule has 2 rings (SSSR count). The van der Waals surface area contributed by atoms with Gasteiger partial charge in [0.15, 0.2) is 5.79 Å². The van der Waals surface area contributed by atoms with Crippen molar-refractivity contribution in [2.75, 3.05) is 26.4 Å². The summed E-state index contributed by atoms with van der Waals surface area (Å²) in [7, 11) is 0. The first kappa shape index (κ1) is 13.8. The molecule has 98 valence electrons. The Kier molecular flexibility index (Phi) is 4.82. The highest BCUT2D eigenvalue weighted by atomic mass is 16.7. The molecule has 0 unspecified atom stereocenters. The standard InChI is InChI=1S/C7H13NO3.C2H2O4/c8-6-5-9-2-1-7(6)10-3-4-11-7;3-1(4)2(5)6/h6H,1-5,8H2;(H,3,4)(H,5,6)/t6-;/m0./s1. The van der Waals surface area contributed by atoms with E-state index in [0.29, 0.717) is 26.4 Å². The predicted molar refractivity (Wildman–Crippen MR) is 53.3 cm³/mol. The Morgan fingerprint density at radius 3 is 2.06 bits per heavy atom. The maximum atomic E-state index is 9.10. The summed E-state index contributed by atoms with van der Waals surface area (Å²) in [5, 5.41) is 14.8. The fourth-order valence-corrected chi connectivity index (χ4v) is 1.57. The van der Waals surface area contributed by atoms with E-state index in [1.807, 2.05) is 0 Å². The van der Waals surface area contributed by atoms with Gasteiger partial charge in [-0.3, -0.25) is 0 Å². The minimum Gasteiger partial charge on any atom is -0.473 e. The van der Waals surface area contributed by atoms with Crippen LogP contribution in [-0.4, -0.2) is 60.4 Å². The lowest BCUT2D eigenvalue weighted by molar-refractivity contribution is -0.214. The van der Waals surface area contributed by atoms with E-state index in [1.165, 1.54) is 0 Å². The lowest BCUT2D eigenvalue weighted by atomic mass is 10.0. The van der Waals surface area contributed by atoms with Crippen molar-refractivity contribution in [3.05, 3.63) is 0 Å². The van der Waals surface area contributed by atoms with E-state index in [-0.39, 0.29) is 6.04 Å². The average molecular weight is 249 g/mol. The molecule has 8 nitrogen and oxygen atoms in total. The number of ether oxygens (including phenoxy) is 3. The van der Waals surface area contributed by atoms with Crippen LogP contribution in [0.5, 0.6) is 0 Å². The SMILES string of the molecule is N[C@H]1COCCC12OCCO2.O=C(O)C(=O)O. The molecule has 0 aromatic heterocycles. The Morgan fingerprint density at radius 1 is 1.12 bits per heavy atom. The van der Waals surface area contributed by atoms with Crippen LogP contribution < -0.4 is 5.73 Å². The van der Waals surface area contributed by atoms with Crippen molar-refractivity contribution in [3.8, 4) is 0 Å². The lowest BCUT2D eigenvalue weighted by Crippen LogP contribution is -2.55. The topological polar surface area (TPSA) is 128 Å². The molecule has 8 heteroatoms. The van der Waals surface area contributed by atoms with Crippen molar-refractivity contribution in [2.45, 2.75) is 18.2 Å². The first-order valence-electron chi connectivity index (χ1n) is 5.05. The van der Waals surface area contributed by atoms with Crippen LogP contribution in [0.3, 0.4) is 0 Å². The maximum absolute atomic E-state index is 9.10. The summed E-state index contributed by atoms with van der Waals surface area (Å²) in [5.74, 6) is -4.16. The van der Waals surface area contributed by atoms with Crippen LogP contribution in [0, 0.1) is 0 Å². The number of nitrogens with two attached hydrogens (primary N) is 1. The highest BCUT2D eigenvalue weighted by Crippen LogP contribution is 2.29. The van der Waals surface area contributed by atoms with Gasteiger partial charge in [0.05, 0.1) is 32.5 Å². The summed E-state index contributed by atoms with van der Waals surface area (Å²) in [6.45, 7) is 2.55. The molecule has 2 saturated heterocycles. The Balaban J connectivity index is 0.000000209. The second-order valence-electron chi connectivity index (χ2n) is 3.55. The normalized spacial score (nSPS) is 26.1. The van der Waals surface area contributed by atoms with Gasteiger partial charge in [-0.1, -0.05) is 0 Å². The molecule has 0 radical (unpaired) electrons. The van der Waals surface area contributed by atoms with Crippen LogP contribution in [0.25, 0.3) is 0 Å². The van der Waals surface area contributed by atoms with Crippen molar-refractivity contribution in [2.24, 2.45) is 5.73 Å². The second kappa shape index (κ2) is 5.92. The lowest BCUT2D eigenvalue weighted by Gasteiger charge is -2.36. The number of aliphatic carboxylic acids is 2. The number of hydrogen-bond donors (Lipinski definition) is 3. The molecule has 2 heterocycles. The van der Waals surface area contributed by atoms with Gasteiger partial charge in [-0.15, -0.1) is 0 Å². The summed E-state index contributed by atoms with van der Waals surface area (Å²) in [4.78, 5) is 18.2. The number of carbonyl (C=O) groups is 2. The van der Waals surface area contributed by atoms with Crippen LogP contribution in [0.1, 0.15) is 6.42 Å². The van der Waals surface area contributed by atoms with Gasteiger partial charge in [0.25, 0.3) is 0 Å². The summed E-state index contributed by atoms with van der Waals surface area (Å²) in [6, 6.07) is -0.126. The number of hydrogen-bond acceptors (Lipinski definition) is 6. The average Bonchev–Trinajstić information content (AvgIpc) is 2.73. The molecule has 17 heavy (non-hydrogen) atoms. The first-order valence-corrected chi connectivity index (χ1v) is 5.05. The van der Waals surface area contributed by atoms with Gasteiger partial charge < -0.3 is 30.2 Å². The number of rotatable bonds is 0. The molecule has 0 amide bonds. The fraction of sp³-hybridized carbons (Fsp3) is 0.778. The molecule has 2 aliphatic rings. The van der Waals surface area contributed by atoms with Crippen molar-refractivity contribution in [1.82, 2.24) is 0 Å². The van der Waals surface area contributed by atoms with Gasteiger partial charge in [-0.2, -0.15) is 0 Å². The first-order chi connectivity index (χ1) is 7.98. The number of carboxylic acid groups (broad SMARTS) is 2. The molecule has 2 aliphatic heterocycles. The number of carboxylic acids is 2. The molecule has 0 bridgehead atoms. The van der Waals surface area contributed by atoms with Gasteiger partial charge in [0.1, 0.15) is 0 Å². The van der Waals surface area contributed by atoms with E-state index in [2.05, 4.69) is 0 Å². The minimum atomic E-state index is -1.82. The third-order valence-electron chi connectivity index (χ3n) is 2.42. The monoisotopic (exact) mass is 249 g/mol. The van der Waals surface area contributed by atoms with Crippen molar-refractivity contribution in [1.29, 1.82) is 0 Å². The van der Waals surface area contributed by atoms with Crippen LogP contribution in [0.2, 0.25) is 0 Å². The summed E-state index contributed by atoms with van der Waals surface area (Å²) in [5.41, 5.74) is 5.80. The molecule has 0 aromatic carbocycles. The van der Waals surface area contributed by atoms with Crippen molar-refractivity contribution >= 4 is 11.9 Å². The van der Waals surface area contributed by atoms with Gasteiger partial charge in [-0.25, -0.2) is 9.59 Å². The Hall–Kier alpha value is -1.22. The second-order valence-corrected chi connectivity index (χ2v) is 3.55. The van der Waals surface area contributed by atoms with Gasteiger partial charge in [-0.05, 0) is 0 Å². The smallest absolute Gasteiger partial charge is 0.414 e. The van der Waals surface area contributed by atoms with Gasteiger partial charge in [0, 0.05) is 6.42 Å². The maximum Gasteiger partial charge on any atom is 0.414 e. The molecule has 0 saturated carbocycles. The molecule has 0 aliphatic carbocycles. The Labute approximate surface area is 97.2 Å². The van der Waals surface area contributed by atoms with Crippen LogP contribution >= 0.6 is 0 Å². The van der Waals surface area contributed by atoms with Crippen molar-refractivity contribution < 1.29 is 34.0 Å². The van der Waals surface area contributed by atoms with Gasteiger partial charge in [0.2, 0.25) is 0 Å². The quantitative estimate of drug-likeness (QED) is 0.449. The largest absolute Gasteiger partial charge is 0.473 e. The molecule has 0 aromatic rings. The summed E-state index contributed by atoms with van der Waals surface area (Å²) >= 11 is 0. The van der Waals surface area contributed by atoms with Gasteiger partial charge >= 0.3 is 11.9 Å². The Morgan fingerprint density at radius 2 is 1.65 bits per heavy atom. The highest BCUT2D eigenvalue weighted by Gasteiger charge is 2.44. The zero-order chi connectivity index (χ0) is 12.9. The minimum absolute atomic E-state index is 0.126. The predicted octanol–water partition coefficient (Wildman–Crippen LogP) is -1.37. The molecule has 4 N–H and O–H groups in total. The molecule has 1 atom stereocenters. The third kappa shape index (κ3) is 3.63.